The number of hydrogen-bond acceptors (Lipinski definition) is 2. The van der Waals surface area contributed by atoms with Crippen LogP contribution in [0.1, 0.15) is 53.4 Å². The van der Waals surface area contributed by atoms with Crippen LogP contribution in [0, 0.1) is 11.3 Å². The molecule has 2 unspecified atom stereocenters. The Morgan fingerprint density at radius 1 is 1.25 bits per heavy atom. The Hall–Kier alpha value is 0.310. The lowest BCUT2D eigenvalue weighted by atomic mass is 9.81. The smallest absolute Gasteiger partial charge is 0.00670 e. The number of hydrogen-bond donors (Lipinski definition) is 1. The molecule has 2 heteroatoms. The molecule has 0 saturated carbocycles. The van der Waals surface area contributed by atoms with E-state index in [4.69, 9.17) is 0 Å². The topological polar surface area (TPSA) is 3.24 Å². The van der Waals surface area contributed by atoms with E-state index in [0.29, 0.717) is 11.3 Å². The van der Waals surface area contributed by atoms with Gasteiger partial charge < -0.3 is 4.90 Å². The number of likely N-dealkylation sites (tertiary alicyclic amines) is 1. The predicted molar refractivity (Wildman–Crippen MR) is 76.3 cm³/mol. The normalized spacial score (nSPS) is 26.4. The monoisotopic (exact) mass is 243 g/mol. The van der Waals surface area contributed by atoms with E-state index in [-0.39, 0.29) is 0 Å². The quantitative estimate of drug-likeness (QED) is 0.737. The summed E-state index contributed by atoms with van der Waals surface area (Å²) in [6.45, 7) is 11.9. The first kappa shape index (κ1) is 14.4. The fraction of sp³-hybridized carbons (Fsp3) is 1.00. The summed E-state index contributed by atoms with van der Waals surface area (Å²) in [4.78, 5) is 2.69. The van der Waals surface area contributed by atoms with E-state index in [1.54, 1.807) is 0 Å². The molecular formula is C14H29NS. The largest absolute Gasteiger partial charge is 0.300 e. The van der Waals surface area contributed by atoms with Crippen LogP contribution in [-0.4, -0.2) is 29.8 Å². The van der Waals surface area contributed by atoms with Gasteiger partial charge in [-0.25, -0.2) is 0 Å². The van der Waals surface area contributed by atoms with Crippen molar-refractivity contribution in [2.24, 2.45) is 11.3 Å². The van der Waals surface area contributed by atoms with Gasteiger partial charge in [-0.3, -0.25) is 0 Å². The highest BCUT2D eigenvalue weighted by Gasteiger charge is 2.27. The predicted octanol–water partition coefficient (Wildman–Crippen LogP) is 3.84. The highest BCUT2D eigenvalue weighted by Crippen LogP contribution is 2.29. The van der Waals surface area contributed by atoms with E-state index < -0.39 is 0 Å². The summed E-state index contributed by atoms with van der Waals surface area (Å²) in [6, 6.07) is 0.771. The zero-order valence-electron chi connectivity index (χ0n) is 11.5. The molecule has 0 aromatic rings. The molecule has 1 nitrogen and oxygen atoms in total. The molecule has 1 rings (SSSR count). The van der Waals surface area contributed by atoms with Crippen molar-refractivity contribution in [3.63, 3.8) is 0 Å². The SMILES string of the molecule is CC1CCCCCN1CC(CS)C(C)(C)C. The van der Waals surface area contributed by atoms with Gasteiger partial charge >= 0.3 is 0 Å². The van der Waals surface area contributed by atoms with Gasteiger partial charge in [-0.2, -0.15) is 12.6 Å². The van der Waals surface area contributed by atoms with Crippen molar-refractivity contribution < 1.29 is 0 Å². The molecule has 0 bridgehead atoms. The second-order valence-electron chi connectivity index (χ2n) is 6.44. The number of nitrogens with zero attached hydrogens (tertiary/aromatic N) is 1. The van der Waals surface area contributed by atoms with E-state index in [9.17, 15) is 0 Å². The third-order valence-corrected chi connectivity index (χ3v) is 4.53. The Labute approximate surface area is 107 Å². The van der Waals surface area contributed by atoms with Crippen molar-refractivity contribution in [1.82, 2.24) is 4.90 Å². The first-order valence-corrected chi connectivity index (χ1v) is 7.43. The van der Waals surface area contributed by atoms with Crippen LogP contribution in [0.15, 0.2) is 0 Å². The van der Waals surface area contributed by atoms with Crippen LogP contribution < -0.4 is 0 Å². The summed E-state index contributed by atoms with van der Waals surface area (Å²) in [5.41, 5.74) is 0.383. The molecule has 1 aliphatic heterocycles. The van der Waals surface area contributed by atoms with Crippen LogP contribution in [0.4, 0.5) is 0 Å². The molecule has 0 aromatic heterocycles. The minimum Gasteiger partial charge on any atom is -0.300 e. The number of rotatable bonds is 3. The standard InChI is InChI=1S/C14H29NS/c1-12-8-6-5-7-9-15(12)10-13(11-16)14(2,3)4/h12-13,16H,5-11H2,1-4H3. The third kappa shape index (κ3) is 4.29. The van der Waals surface area contributed by atoms with Crippen LogP contribution in [0.5, 0.6) is 0 Å². The van der Waals surface area contributed by atoms with Gasteiger partial charge in [0.25, 0.3) is 0 Å². The van der Waals surface area contributed by atoms with Crippen LogP contribution in [0.2, 0.25) is 0 Å². The van der Waals surface area contributed by atoms with Gasteiger partial charge in [-0.15, -0.1) is 0 Å². The average molecular weight is 243 g/mol. The Kier molecular flexibility index (Phi) is 5.66. The molecular weight excluding hydrogens is 214 g/mol. The molecule has 0 spiro atoms. The Balaban J connectivity index is 2.55. The molecule has 96 valence electrons. The second kappa shape index (κ2) is 6.30. The van der Waals surface area contributed by atoms with E-state index in [1.165, 1.54) is 38.8 Å². The van der Waals surface area contributed by atoms with Crippen molar-refractivity contribution in [2.75, 3.05) is 18.8 Å². The minimum absolute atomic E-state index is 0.383. The highest BCUT2D eigenvalue weighted by molar-refractivity contribution is 7.80. The highest BCUT2D eigenvalue weighted by atomic mass is 32.1. The fourth-order valence-corrected chi connectivity index (χ4v) is 3.16. The molecule has 1 heterocycles. The van der Waals surface area contributed by atoms with Crippen molar-refractivity contribution in [3.05, 3.63) is 0 Å². The van der Waals surface area contributed by atoms with Crippen molar-refractivity contribution in [2.45, 2.75) is 59.4 Å². The van der Waals surface area contributed by atoms with E-state index in [2.05, 4.69) is 45.2 Å². The zero-order chi connectivity index (χ0) is 12.2. The van der Waals surface area contributed by atoms with E-state index in [0.717, 1.165) is 11.8 Å². The Morgan fingerprint density at radius 2 is 1.94 bits per heavy atom. The van der Waals surface area contributed by atoms with Gasteiger partial charge in [0.15, 0.2) is 0 Å². The maximum absolute atomic E-state index is 4.54. The summed E-state index contributed by atoms with van der Waals surface area (Å²) < 4.78 is 0. The van der Waals surface area contributed by atoms with Crippen LogP contribution in [0.3, 0.4) is 0 Å². The molecule has 0 N–H and O–H groups in total. The summed E-state index contributed by atoms with van der Waals surface area (Å²) in [5.74, 6) is 1.71. The lowest BCUT2D eigenvalue weighted by Crippen LogP contribution is -2.41. The molecule has 1 saturated heterocycles. The van der Waals surface area contributed by atoms with Crippen molar-refractivity contribution in [3.8, 4) is 0 Å². The second-order valence-corrected chi connectivity index (χ2v) is 6.80. The number of thiol groups is 1. The summed E-state index contributed by atoms with van der Waals surface area (Å²) in [5, 5.41) is 0. The van der Waals surface area contributed by atoms with E-state index in [1.807, 2.05) is 0 Å². The summed E-state index contributed by atoms with van der Waals surface area (Å²) in [6.07, 6.45) is 5.60. The van der Waals surface area contributed by atoms with Gasteiger partial charge in [0, 0.05) is 12.6 Å². The van der Waals surface area contributed by atoms with Crippen LogP contribution in [-0.2, 0) is 0 Å². The fourth-order valence-electron chi connectivity index (χ4n) is 2.49. The van der Waals surface area contributed by atoms with E-state index >= 15 is 0 Å². The maximum atomic E-state index is 4.54. The summed E-state index contributed by atoms with van der Waals surface area (Å²) in [7, 11) is 0. The van der Waals surface area contributed by atoms with Gasteiger partial charge in [-0.05, 0) is 43.4 Å². The van der Waals surface area contributed by atoms with Crippen LogP contribution in [0.25, 0.3) is 0 Å². The first-order chi connectivity index (χ1) is 7.45. The molecule has 2 atom stereocenters. The van der Waals surface area contributed by atoms with Gasteiger partial charge in [0.05, 0.1) is 0 Å². The van der Waals surface area contributed by atoms with Crippen molar-refractivity contribution in [1.29, 1.82) is 0 Å². The Bertz CT molecular complexity index is 197. The Morgan fingerprint density at radius 3 is 2.50 bits per heavy atom. The van der Waals surface area contributed by atoms with Crippen molar-refractivity contribution >= 4 is 12.6 Å². The lowest BCUT2D eigenvalue weighted by molar-refractivity contribution is 0.134. The van der Waals surface area contributed by atoms with Gasteiger partial charge in [0.2, 0.25) is 0 Å². The summed E-state index contributed by atoms with van der Waals surface area (Å²) >= 11 is 4.54. The molecule has 1 fully saturated rings. The van der Waals surface area contributed by atoms with Gasteiger partial charge in [0.1, 0.15) is 0 Å². The average Bonchev–Trinajstić information content (AvgIpc) is 2.38. The molecule has 0 amide bonds. The third-order valence-electron chi connectivity index (χ3n) is 4.09. The minimum atomic E-state index is 0.383. The first-order valence-electron chi connectivity index (χ1n) is 6.80. The van der Waals surface area contributed by atoms with Crippen LogP contribution >= 0.6 is 12.6 Å². The molecule has 0 aliphatic carbocycles. The molecule has 0 aromatic carbocycles. The maximum Gasteiger partial charge on any atom is 0.00670 e. The zero-order valence-corrected chi connectivity index (χ0v) is 12.4. The van der Waals surface area contributed by atoms with Gasteiger partial charge in [-0.1, -0.05) is 33.6 Å². The molecule has 16 heavy (non-hydrogen) atoms. The molecule has 1 aliphatic rings. The molecule has 0 radical (unpaired) electrons. The lowest BCUT2D eigenvalue weighted by Gasteiger charge is -2.36.